The zero-order chi connectivity index (χ0) is 12.1. The first-order valence-corrected chi connectivity index (χ1v) is 6.89. The van der Waals surface area contributed by atoms with Crippen LogP contribution in [0.5, 0.6) is 0 Å². The van der Waals surface area contributed by atoms with Crippen molar-refractivity contribution in [1.29, 1.82) is 0 Å². The van der Waals surface area contributed by atoms with Gasteiger partial charge in [-0.3, -0.25) is 0 Å². The molecule has 0 aliphatic carbocycles. The van der Waals surface area contributed by atoms with E-state index in [4.69, 9.17) is 11.6 Å². The Bertz CT molecular complexity index is 314. The molecule has 0 bridgehead atoms. The molecular formula is C12H20ClNOS. The summed E-state index contributed by atoms with van der Waals surface area (Å²) in [5.41, 5.74) is 1.19. The molecule has 0 saturated heterocycles. The first-order valence-electron chi connectivity index (χ1n) is 5.63. The van der Waals surface area contributed by atoms with Gasteiger partial charge in [-0.15, -0.1) is 11.3 Å². The molecule has 0 fully saturated rings. The van der Waals surface area contributed by atoms with E-state index in [1.54, 1.807) is 11.3 Å². The van der Waals surface area contributed by atoms with Gasteiger partial charge in [0, 0.05) is 12.1 Å². The second-order valence-corrected chi connectivity index (χ2v) is 6.12. The van der Waals surface area contributed by atoms with Crippen LogP contribution < -0.4 is 5.32 Å². The van der Waals surface area contributed by atoms with Crippen molar-refractivity contribution in [3.8, 4) is 0 Å². The maximum absolute atomic E-state index is 9.29. The minimum absolute atomic E-state index is 0.161. The minimum atomic E-state index is 0.161. The predicted octanol–water partition coefficient (Wildman–Crippen LogP) is 3.46. The summed E-state index contributed by atoms with van der Waals surface area (Å²) in [6.45, 7) is 6.61. The fraction of sp³-hybridized carbons (Fsp3) is 0.667. The van der Waals surface area contributed by atoms with E-state index in [9.17, 15) is 5.11 Å². The van der Waals surface area contributed by atoms with E-state index < -0.39 is 0 Å². The van der Waals surface area contributed by atoms with E-state index in [2.05, 4.69) is 31.5 Å². The molecule has 1 aromatic heterocycles. The Labute approximate surface area is 107 Å². The second kappa shape index (κ2) is 6.60. The van der Waals surface area contributed by atoms with Crippen LogP contribution in [0.15, 0.2) is 11.4 Å². The van der Waals surface area contributed by atoms with Crippen LogP contribution in [0.3, 0.4) is 0 Å². The van der Waals surface area contributed by atoms with E-state index in [1.165, 1.54) is 5.56 Å². The van der Waals surface area contributed by atoms with Crippen LogP contribution in [-0.2, 0) is 0 Å². The van der Waals surface area contributed by atoms with Crippen molar-refractivity contribution in [3.05, 3.63) is 21.3 Å². The lowest BCUT2D eigenvalue weighted by Crippen LogP contribution is -2.35. The molecule has 0 radical (unpaired) electrons. The fourth-order valence-electron chi connectivity index (χ4n) is 1.76. The van der Waals surface area contributed by atoms with Crippen molar-refractivity contribution in [2.24, 2.45) is 5.92 Å². The molecule has 2 unspecified atom stereocenters. The Kier molecular flexibility index (Phi) is 5.76. The Morgan fingerprint density at radius 2 is 2.12 bits per heavy atom. The Balaban J connectivity index is 2.51. The van der Waals surface area contributed by atoms with Gasteiger partial charge in [0.25, 0.3) is 0 Å². The van der Waals surface area contributed by atoms with Crippen LogP contribution in [0.1, 0.15) is 38.8 Å². The molecule has 92 valence electrons. The maximum Gasteiger partial charge on any atom is 0.0931 e. The average Bonchev–Trinajstić information content (AvgIpc) is 2.63. The molecule has 2 nitrogen and oxygen atoms in total. The highest BCUT2D eigenvalue weighted by Gasteiger charge is 2.14. The topological polar surface area (TPSA) is 32.3 Å². The zero-order valence-corrected chi connectivity index (χ0v) is 11.6. The summed E-state index contributed by atoms with van der Waals surface area (Å²) in [6, 6.07) is 2.38. The SMILES string of the molecule is CC(C)CC(CO)NC(C)c1csc(Cl)c1. The highest BCUT2D eigenvalue weighted by molar-refractivity contribution is 7.14. The van der Waals surface area contributed by atoms with Crippen molar-refractivity contribution in [3.63, 3.8) is 0 Å². The largest absolute Gasteiger partial charge is 0.395 e. The second-order valence-electron chi connectivity index (χ2n) is 4.58. The molecule has 0 aromatic carbocycles. The van der Waals surface area contributed by atoms with Gasteiger partial charge in [0.15, 0.2) is 0 Å². The summed E-state index contributed by atoms with van der Waals surface area (Å²) < 4.78 is 0.813. The minimum Gasteiger partial charge on any atom is -0.395 e. The predicted molar refractivity (Wildman–Crippen MR) is 71.2 cm³/mol. The summed E-state index contributed by atoms with van der Waals surface area (Å²) in [6.07, 6.45) is 0.985. The summed E-state index contributed by atoms with van der Waals surface area (Å²) >= 11 is 7.44. The van der Waals surface area contributed by atoms with Crippen LogP contribution in [0.4, 0.5) is 0 Å². The summed E-state index contributed by atoms with van der Waals surface area (Å²) in [5.74, 6) is 0.586. The van der Waals surface area contributed by atoms with E-state index in [-0.39, 0.29) is 18.7 Å². The highest BCUT2D eigenvalue weighted by Crippen LogP contribution is 2.25. The average molecular weight is 262 g/mol. The van der Waals surface area contributed by atoms with Crippen LogP contribution in [-0.4, -0.2) is 17.8 Å². The number of rotatable bonds is 6. The Morgan fingerprint density at radius 1 is 1.44 bits per heavy atom. The van der Waals surface area contributed by atoms with Crippen LogP contribution in [0.2, 0.25) is 4.34 Å². The quantitative estimate of drug-likeness (QED) is 0.822. The third kappa shape index (κ3) is 4.42. The molecule has 1 rings (SSSR count). The summed E-state index contributed by atoms with van der Waals surface area (Å²) in [7, 11) is 0. The Morgan fingerprint density at radius 3 is 2.56 bits per heavy atom. The third-order valence-corrected chi connectivity index (χ3v) is 3.66. The van der Waals surface area contributed by atoms with E-state index in [1.807, 2.05) is 6.07 Å². The van der Waals surface area contributed by atoms with Gasteiger partial charge in [0.1, 0.15) is 0 Å². The van der Waals surface area contributed by atoms with Crippen molar-refractivity contribution < 1.29 is 5.11 Å². The van der Waals surface area contributed by atoms with Crippen LogP contribution in [0.25, 0.3) is 0 Å². The fourth-order valence-corrected chi connectivity index (χ4v) is 2.75. The lowest BCUT2D eigenvalue weighted by atomic mass is 10.0. The number of aliphatic hydroxyl groups is 1. The van der Waals surface area contributed by atoms with E-state index in [0.717, 1.165) is 10.8 Å². The maximum atomic E-state index is 9.29. The first kappa shape index (κ1) is 14.0. The van der Waals surface area contributed by atoms with Gasteiger partial charge in [0.05, 0.1) is 10.9 Å². The summed E-state index contributed by atoms with van der Waals surface area (Å²) in [5, 5.41) is 14.8. The van der Waals surface area contributed by atoms with Gasteiger partial charge in [-0.2, -0.15) is 0 Å². The molecule has 4 heteroatoms. The first-order chi connectivity index (χ1) is 7.52. The number of halogens is 1. The molecule has 0 amide bonds. The smallest absolute Gasteiger partial charge is 0.0931 e. The number of nitrogens with one attached hydrogen (secondary N) is 1. The number of aliphatic hydroxyl groups excluding tert-OH is 1. The van der Waals surface area contributed by atoms with Gasteiger partial charge >= 0.3 is 0 Å². The van der Waals surface area contributed by atoms with Gasteiger partial charge < -0.3 is 10.4 Å². The lowest BCUT2D eigenvalue weighted by molar-refractivity contribution is 0.215. The molecule has 0 aliphatic rings. The Hall–Kier alpha value is -0.0900. The molecule has 1 aromatic rings. The van der Waals surface area contributed by atoms with Crippen molar-refractivity contribution in [1.82, 2.24) is 5.32 Å². The standard InChI is InChI=1S/C12H20ClNOS/c1-8(2)4-11(6-15)14-9(3)10-5-12(13)16-7-10/h5,7-9,11,14-15H,4,6H2,1-3H3. The van der Waals surface area contributed by atoms with Gasteiger partial charge in [0.2, 0.25) is 0 Å². The summed E-state index contributed by atoms with van der Waals surface area (Å²) in [4.78, 5) is 0. The molecular weight excluding hydrogens is 242 g/mol. The van der Waals surface area contributed by atoms with Crippen molar-refractivity contribution in [2.45, 2.75) is 39.3 Å². The number of hydrogen-bond donors (Lipinski definition) is 2. The highest BCUT2D eigenvalue weighted by atomic mass is 35.5. The normalized spacial score (nSPS) is 15.4. The molecule has 0 aliphatic heterocycles. The van der Waals surface area contributed by atoms with Crippen LogP contribution >= 0.6 is 22.9 Å². The van der Waals surface area contributed by atoms with Crippen LogP contribution in [0, 0.1) is 5.92 Å². The molecule has 2 N–H and O–H groups in total. The molecule has 1 heterocycles. The molecule has 0 spiro atoms. The zero-order valence-electron chi connectivity index (χ0n) is 10.0. The van der Waals surface area contributed by atoms with Gasteiger partial charge in [-0.1, -0.05) is 25.4 Å². The third-order valence-electron chi connectivity index (χ3n) is 2.55. The molecule has 2 atom stereocenters. The van der Waals surface area contributed by atoms with Gasteiger partial charge in [-0.05, 0) is 36.3 Å². The lowest BCUT2D eigenvalue weighted by Gasteiger charge is -2.22. The van der Waals surface area contributed by atoms with Crippen molar-refractivity contribution >= 4 is 22.9 Å². The monoisotopic (exact) mass is 261 g/mol. The van der Waals surface area contributed by atoms with Crippen molar-refractivity contribution in [2.75, 3.05) is 6.61 Å². The number of hydrogen-bond acceptors (Lipinski definition) is 3. The van der Waals surface area contributed by atoms with Gasteiger partial charge in [-0.25, -0.2) is 0 Å². The molecule has 16 heavy (non-hydrogen) atoms. The van der Waals surface area contributed by atoms with E-state index >= 15 is 0 Å². The number of thiophene rings is 1. The molecule has 0 saturated carbocycles. The van der Waals surface area contributed by atoms with E-state index in [0.29, 0.717) is 5.92 Å².